The predicted octanol–water partition coefficient (Wildman–Crippen LogP) is 0.819. The molecule has 0 saturated heterocycles. The molecule has 2 N–H and O–H groups in total. The van der Waals surface area contributed by atoms with Gasteiger partial charge in [0.15, 0.2) is 0 Å². The fraction of sp³-hybridized carbons (Fsp3) is 0.400. The van der Waals surface area contributed by atoms with E-state index in [1.54, 1.807) is 38.4 Å². The second-order valence-corrected chi connectivity index (χ2v) is 3.16. The highest BCUT2D eigenvalue weighted by atomic mass is 16.5. The first-order valence-corrected chi connectivity index (χ1v) is 4.45. The van der Waals surface area contributed by atoms with Crippen LogP contribution in [-0.4, -0.2) is 17.6 Å². The molecular formula is C10H14N2O2. The number of carbonyl (C=O) groups excluding carboxylic acids is 1. The van der Waals surface area contributed by atoms with Gasteiger partial charge in [-0.05, 0) is 31.5 Å². The molecule has 0 bridgehead atoms. The largest absolute Gasteiger partial charge is 0.464 e. The lowest BCUT2D eigenvalue weighted by molar-refractivity contribution is -0.149. The summed E-state index contributed by atoms with van der Waals surface area (Å²) in [7, 11) is 0. The van der Waals surface area contributed by atoms with Gasteiger partial charge in [-0.25, -0.2) is 4.79 Å². The monoisotopic (exact) mass is 194 g/mol. The molecule has 0 aromatic carbocycles. The molecule has 14 heavy (non-hydrogen) atoms. The van der Waals surface area contributed by atoms with Crippen molar-refractivity contribution in [3.8, 4) is 0 Å². The van der Waals surface area contributed by atoms with Crippen LogP contribution in [0.3, 0.4) is 0 Å². The average Bonchev–Trinajstić information content (AvgIpc) is 2.19. The first kappa shape index (κ1) is 10.7. The van der Waals surface area contributed by atoms with Gasteiger partial charge in [-0.3, -0.25) is 4.98 Å². The molecule has 0 aliphatic rings. The lowest BCUT2D eigenvalue weighted by atomic mass is 9.94. The topological polar surface area (TPSA) is 65.2 Å². The minimum absolute atomic E-state index is 0.330. The second-order valence-electron chi connectivity index (χ2n) is 3.16. The van der Waals surface area contributed by atoms with Crippen LogP contribution >= 0.6 is 0 Å². The van der Waals surface area contributed by atoms with Crippen molar-refractivity contribution in [3.63, 3.8) is 0 Å². The van der Waals surface area contributed by atoms with Crippen molar-refractivity contribution in [1.82, 2.24) is 4.98 Å². The molecule has 76 valence electrons. The third-order valence-electron chi connectivity index (χ3n) is 1.98. The van der Waals surface area contributed by atoms with Crippen molar-refractivity contribution in [2.75, 3.05) is 6.61 Å². The van der Waals surface area contributed by atoms with Crippen molar-refractivity contribution in [3.05, 3.63) is 30.1 Å². The summed E-state index contributed by atoms with van der Waals surface area (Å²) in [4.78, 5) is 15.4. The van der Waals surface area contributed by atoms with Crippen LogP contribution in [0, 0.1) is 0 Å². The molecule has 0 aliphatic heterocycles. The zero-order valence-corrected chi connectivity index (χ0v) is 8.36. The Labute approximate surface area is 83.1 Å². The van der Waals surface area contributed by atoms with Crippen LogP contribution in [0.15, 0.2) is 24.5 Å². The fourth-order valence-electron chi connectivity index (χ4n) is 1.10. The number of nitrogens with two attached hydrogens (primary N) is 1. The van der Waals surface area contributed by atoms with E-state index in [0.29, 0.717) is 12.2 Å². The molecule has 0 saturated carbocycles. The molecule has 0 radical (unpaired) electrons. The van der Waals surface area contributed by atoms with E-state index in [4.69, 9.17) is 10.5 Å². The summed E-state index contributed by atoms with van der Waals surface area (Å²) in [6, 6.07) is 3.41. The maximum atomic E-state index is 11.5. The van der Waals surface area contributed by atoms with Gasteiger partial charge in [0.1, 0.15) is 5.54 Å². The van der Waals surface area contributed by atoms with Crippen LogP contribution in [0.4, 0.5) is 0 Å². The van der Waals surface area contributed by atoms with Gasteiger partial charge in [0.2, 0.25) is 0 Å². The maximum absolute atomic E-state index is 11.5. The van der Waals surface area contributed by atoms with E-state index in [1.165, 1.54) is 0 Å². The molecule has 1 atom stereocenters. The average molecular weight is 194 g/mol. The highest BCUT2D eigenvalue weighted by Crippen LogP contribution is 2.18. The Morgan fingerprint density at radius 2 is 2.14 bits per heavy atom. The normalized spacial score (nSPS) is 14.5. The standard InChI is InChI=1S/C10H14N2O2/c1-3-14-9(13)10(2,11)8-4-6-12-7-5-8/h4-7H,3,11H2,1-2H3. The first-order valence-electron chi connectivity index (χ1n) is 4.45. The molecule has 0 spiro atoms. The van der Waals surface area contributed by atoms with E-state index in [0.717, 1.165) is 0 Å². The van der Waals surface area contributed by atoms with E-state index in [9.17, 15) is 4.79 Å². The van der Waals surface area contributed by atoms with Gasteiger partial charge in [-0.15, -0.1) is 0 Å². The predicted molar refractivity (Wildman–Crippen MR) is 52.4 cm³/mol. The summed E-state index contributed by atoms with van der Waals surface area (Å²) in [6.07, 6.45) is 3.19. The summed E-state index contributed by atoms with van der Waals surface area (Å²) in [5, 5.41) is 0. The highest BCUT2D eigenvalue weighted by Gasteiger charge is 2.31. The van der Waals surface area contributed by atoms with Crippen molar-refractivity contribution in [2.24, 2.45) is 5.73 Å². The van der Waals surface area contributed by atoms with Crippen molar-refractivity contribution >= 4 is 5.97 Å². The van der Waals surface area contributed by atoms with Gasteiger partial charge >= 0.3 is 5.97 Å². The van der Waals surface area contributed by atoms with E-state index < -0.39 is 11.5 Å². The molecule has 1 aromatic rings. The number of nitrogens with zero attached hydrogens (tertiary/aromatic N) is 1. The molecule has 4 heteroatoms. The molecule has 1 unspecified atom stereocenters. The van der Waals surface area contributed by atoms with Crippen LogP contribution in [0.1, 0.15) is 19.4 Å². The zero-order valence-electron chi connectivity index (χ0n) is 8.36. The molecule has 1 heterocycles. The van der Waals surface area contributed by atoms with Gasteiger partial charge in [0.25, 0.3) is 0 Å². The van der Waals surface area contributed by atoms with Gasteiger partial charge < -0.3 is 10.5 Å². The van der Waals surface area contributed by atoms with Gasteiger partial charge in [-0.1, -0.05) is 0 Å². The minimum Gasteiger partial charge on any atom is -0.464 e. The lowest BCUT2D eigenvalue weighted by Gasteiger charge is -2.22. The molecular weight excluding hydrogens is 180 g/mol. The van der Waals surface area contributed by atoms with Gasteiger partial charge in [0.05, 0.1) is 6.61 Å². The Bertz CT molecular complexity index is 309. The third-order valence-corrected chi connectivity index (χ3v) is 1.98. The molecule has 0 amide bonds. The zero-order chi connectivity index (χ0) is 10.6. The number of ether oxygens (including phenoxy) is 1. The Kier molecular flexibility index (Phi) is 3.19. The van der Waals surface area contributed by atoms with Crippen LogP contribution < -0.4 is 5.73 Å². The van der Waals surface area contributed by atoms with E-state index >= 15 is 0 Å². The Morgan fingerprint density at radius 3 is 2.64 bits per heavy atom. The SMILES string of the molecule is CCOC(=O)C(C)(N)c1ccncc1. The van der Waals surface area contributed by atoms with Crippen molar-refractivity contribution in [1.29, 1.82) is 0 Å². The summed E-state index contributed by atoms with van der Waals surface area (Å²) in [6.45, 7) is 3.71. The number of hydrogen-bond acceptors (Lipinski definition) is 4. The Hall–Kier alpha value is -1.42. The van der Waals surface area contributed by atoms with Gasteiger partial charge in [-0.2, -0.15) is 0 Å². The minimum atomic E-state index is -1.10. The fourth-order valence-corrected chi connectivity index (χ4v) is 1.10. The lowest BCUT2D eigenvalue weighted by Crippen LogP contribution is -2.43. The van der Waals surface area contributed by atoms with E-state index in [1.807, 2.05) is 0 Å². The molecule has 0 fully saturated rings. The maximum Gasteiger partial charge on any atom is 0.330 e. The highest BCUT2D eigenvalue weighted by molar-refractivity contribution is 5.81. The number of esters is 1. The number of aromatic nitrogens is 1. The Morgan fingerprint density at radius 1 is 1.57 bits per heavy atom. The number of carbonyl (C=O) groups is 1. The van der Waals surface area contributed by atoms with Crippen LogP contribution in [-0.2, 0) is 15.1 Å². The molecule has 0 aliphatic carbocycles. The summed E-state index contributed by atoms with van der Waals surface area (Å²) in [5.41, 5.74) is 5.47. The first-order chi connectivity index (χ1) is 6.59. The summed E-state index contributed by atoms with van der Waals surface area (Å²) < 4.78 is 4.88. The molecule has 1 aromatic heterocycles. The number of hydrogen-bond donors (Lipinski definition) is 1. The van der Waals surface area contributed by atoms with Crippen LogP contribution in [0.2, 0.25) is 0 Å². The second kappa shape index (κ2) is 4.19. The van der Waals surface area contributed by atoms with Crippen molar-refractivity contribution in [2.45, 2.75) is 19.4 Å². The van der Waals surface area contributed by atoms with Crippen molar-refractivity contribution < 1.29 is 9.53 Å². The quantitative estimate of drug-likeness (QED) is 0.723. The smallest absolute Gasteiger partial charge is 0.330 e. The molecule has 1 rings (SSSR count). The van der Waals surface area contributed by atoms with E-state index in [-0.39, 0.29) is 0 Å². The summed E-state index contributed by atoms with van der Waals surface area (Å²) in [5.74, 6) is -0.425. The number of pyridine rings is 1. The van der Waals surface area contributed by atoms with Crippen LogP contribution in [0.5, 0.6) is 0 Å². The van der Waals surface area contributed by atoms with E-state index in [2.05, 4.69) is 4.98 Å². The van der Waals surface area contributed by atoms with Crippen LogP contribution in [0.25, 0.3) is 0 Å². The third kappa shape index (κ3) is 2.09. The van der Waals surface area contributed by atoms with Gasteiger partial charge in [0, 0.05) is 12.4 Å². The Balaban J connectivity index is 2.90. The molecule has 4 nitrogen and oxygen atoms in total. The number of rotatable bonds is 3. The summed E-state index contributed by atoms with van der Waals surface area (Å²) >= 11 is 0.